The van der Waals surface area contributed by atoms with Crippen molar-refractivity contribution in [3.05, 3.63) is 36.0 Å². The summed E-state index contributed by atoms with van der Waals surface area (Å²) >= 11 is 0. The molecule has 100 valence electrons. The molecule has 19 heavy (non-hydrogen) atoms. The summed E-state index contributed by atoms with van der Waals surface area (Å²) in [7, 11) is 0. The Kier molecular flexibility index (Phi) is 4.12. The van der Waals surface area contributed by atoms with E-state index in [0.717, 1.165) is 22.2 Å². The van der Waals surface area contributed by atoms with Crippen LogP contribution in [0.2, 0.25) is 0 Å². The first-order chi connectivity index (χ1) is 9.08. The fourth-order valence-electron chi connectivity index (χ4n) is 1.98. The van der Waals surface area contributed by atoms with E-state index in [1.54, 1.807) is 13.1 Å². The number of fused-ring (bicyclic) bond motifs is 1. The number of aromatic nitrogens is 1. The zero-order chi connectivity index (χ0) is 13.8. The van der Waals surface area contributed by atoms with Crippen LogP contribution in [0.4, 0.5) is 5.69 Å². The van der Waals surface area contributed by atoms with E-state index >= 15 is 0 Å². The number of hydrogen-bond acceptors (Lipinski definition) is 3. The topological polar surface area (TPSA) is 62.2 Å². The molecule has 1 aromatic heterocycles. The fourth-order valence-corrected chi connectivity index (χ4v) is 1.98. The van der Waals surface area contributed by atoms with E-state index in [1.165, 1.54) is 0 Å². The Hall–Kier alpha value is -1.94. The smallest absolute Gasteiger partial charge is 0.224 e. The van der Waals surface area contributed by atoms with Crippen molar-refractivity contribution in [2.75, 3.05) is 5.32 Å². The summed E-state index contributed by atoms with van der Waals surface area (Å²) in [6, 6.07) is 7.63. The highest BCUT2D eigenvalue weighted by Gasteiger charge is 2.08. The minimum Gasteiger partial charge on any atom is -0.393 e. The van der Waals surface area contributed by atoms with Crippen LogP contribution >= 0.6 is 0 Å². The fraction of sp³-hybridized carbons (Fsp3) is 0.333. The Morgan fingerprint density at radius 2 is 2.21 bits per heavy atom. The summed E-state index contributed by atoms with van der Waals surface area (Å²) in [5, 5.41) is 13.0. The molecule has 1 amide bonds. The highest BCUT2D eigenvalue weighted by molar-refractivity contribution is 6.01. The zero-order valence-electron chi connectivity index (χ0n) is 11.2. The van der Waals surface area contributed by atoms with Gasteiger partial charge in [-0.05, 0) is 44.0 Å². The number of nitrogens with one attached hydrogen (secondary N) is 1. The average Bonchev–Trinajstić information content (AvgIpc) is 2.40. The van der Waals surface area contributed by atoms with Crippen molar-refractivity contribution in [1.82, 2.24) is 4.98 Å². The maximum atomic E-state index is 11.8. The molecular formula is C15H18N2O2. The van der Waals surface area contributed by atoms with Crippen molar-refractivity contribution >= 4 is 22.5 Å². The number of aliphatic hydroxyl groups is 1. The molecule has 1 atom stereocenters. The molecule has 1 aromatic carbocycles. The van der Waals surface area contributed by atoms with Gasteiger partial charge in [0.05, 0.1) is 17.3 Å². The first kappa shape index (κ1) is 13.5. The van der Waals surface area contributed by atoms with Gasteiger partial charge < -0.3 is 10.4 Å². The number of amides is 1. The van der Waals surface area contributed by atoms with E-state index < -0.39 is 6.10 Å². The van der Waals surface area contributed by atoms with Gasteiger partial charge in [-0.3, -0.25) is 9.78 Å². The molecule has 0 saturated carbocycles. The van der Waals surface area contributed by atoms with Gasteiger partial charge >= 0.3 is 0 Å². The number of pyridine rings is 1. The lowest BCUT2D eigenvalue weighted by molar-refractivity contribution is -0.116. The summed E-state index contributed by atoms with van der Waals surface area (Å²) in [4.78, 5) is 16.1. The number of benzene rings is 1. The van der Waals surface area contributed by atoms with Crippen molar-refractivity contribution in [2.24, 2.45) is 0 Å². The largest absolute Gasteiger partial charge is 0.393 e. The molecule has 0 radical (unpaired) electrons. The number of aryl methyl sites for hydroxylation is 1. The van der Waals surface area contributed by atoms with Gasteiger partial charge in [-0.25, -0.2) is 0 Å². The standard InChI is InChI=1S/C15H18N2O2/c1-10-5-7-13(12-4-3-9-16-15(10)12)17-14(19)8-6-11(2)18/h3-5,7,9,11,18H,6,8H2,1-2H3,(H,17,19). The van der Waals surface area contributed by atoms with Gasteiger partial charge in [0.2, 0.25) is 5.91 Å². The minimum atomic E-state index is -0.456. The Morgan fingerprint density at radius 3 is 2.95 bits per heavy atom. The Morgan fingerprint density at radius 1 is 1.42 bits per heavy atom. The van der Waals surface area contributed by atoms with Gasteiger partial charge in [-0.2, -0.15) is 0 Å². The lowest BCUT2D eigenvalue weighted by Crippen LogP contribution is -2.14. The third-order valence-electron chi connectivity index (χ3n) is 3.03. The van der Waals surface area contributed by atoms with Crippen LogP contribution in [0.25, 0.3) is 10.9 Å². The van der Waals surface area contributed by atoms with Crippen LogP contribution < -0.4 is 5.32 Å². The first-order valence-corrected chi connectivity index (χ1v) is 6.40. The van der Waals surface area contributed by atoms with Crippen molar-refractivity contribution in [2.45, 2.75) is 32.8 Å². The second-order valence-electron chi connectivity index (χ2n) is 4.77. The van der Waals surface area contributed by atoms with Crippen molar-refractivity contribution in [3.8, 4) is 0 Å². The first-order valence-electron chi connectivity index (χ1n) is 6.40. The van der Waals surface area contributed by atoms with Gasteiger partial charge in [0.15, 0.2) is 0 Å². The number of nitrogens with zero attached hydrogens (tertiary/aromatic N) is 1. The third kappa shape index (κ3) is 3.29. The molecule has 4 nitrogen and oxygen atoms in total. The van der Waals surface area contributed by atoms with Crippen LogP contribution in [0.1, 0.15) is 25.3 Å². The molecule has 0 saturated heterocycles. The van der Waals surface area contributed by atoms with Crippen molar-refractivity contribution in [1.29, 1.82) is 0 Å². The van der Waals surface area contributed by atoms with E-state index in [2.05, 4.69) is 10.3 Å². The minimum absolute atomic E-state index is 0.0880. The van der Waals surface area contributed by atoms with Crippen molar-refractivity contribution < 1.29 is 9.90 Å². The zero-order valence-corrected chi connectivity index (χ0v) is 11.2. The average molecular weight is 258 g/mol. The second-order valence-corrected chi connectivity index (χ2v) is 4.77. The molecular weight excluding hydrogens is 240 g/mol. The molecule has 1 heterocycles. The van der Waals surface area contributed by atoms with Crippen LogP contribution in [0, 0.1) is 6.92 Å². The summed E-state index contributed by atoms with van der Waals surface area (Å²) in [5.41, 5.74) is 2.75. The number of hydrogen-bond donors (Lipinski definition) is 2. The summed E-state index contributed by atoms with van der Waals surface area (Å²) < 4.78 is 0. The van der Waals surface area contributed by atoms with E-state index in [-0.39, 0.29) is 5.91 Å². The van der Waals surface area contributed by atoms with Crippen LogP contribution in [0.5, 0.6) is 0 Å². The number of carbonyl (C=O) groups is 1. The van der Waals surface area contributed by atoms with E-state index in [0.29, 0.717) is 12.8 Å². The Labute approximate surface area is 112 Å². The molecule has 1 unspecified atom stereocenters. The lowest BCUT2D eigenvalue weighted by atomic mass is 10.1. The number of rotatable bonds is 4. The van der Waals surface area contributed by atoms with Gasteiger partial charge in [0.25, 0.3) is 0 Å². The molecule has 0 aliphatic rings. The Balaban J connectivity index is 2.21. The summed E-state index contributed by atoms with van der Waals surface area (Å²) in [6.07, 6.45) is 2.07. The van der Waals surface area contributed by atoms with Gasteiger partial charge in [-0.1, -0.05) is 6.07 Å². The quantitative estimate of drug-likeness (QED) is 0.886. The highest BCUT2D eigenvalue weighted by Crippen LogP contribution is 2.24. The van der Waals surface area contributed by atoms with E-state index in [4.69, 9.17) is 0 Å². The predicted molar refractivity (Wildman–Crippen MR) is 76.0 cm³/mol. The maximum Gasteiger partial charge on any atom is 0.224 e. The monoisotopic (exact) mass is 258 g/mol. The van der Waals surface area contributed by atoms with Gasteiger partial charge in [-0.15, -0.1) is 0 Å². The number of carbonyl (C=O) groups excluding carboxylic acids is 1. The number of anilines is 1. The summed E-state index contributed by atoms with van der Waals surface area (Å²) in [6.45, 7) is 3.67. The van der Waals surface area contributed by atoms with Crippen molar-refractivity contribution in [3.63, 3.8) is 0 Å². The second kappa shape index (κ2) is 5.80. The molecule has 0 spiro atoms. The normalized spacial score (nSPS) is 12.4. The van der Waals surface area contributed by atoms with Crippen LogP contribution in [-0.2, 0) is 4.79 Å². The molecule has 0 fully saturated rings. The number of aliphatic hydroxyl groups excluding tert-OH is 1. The van der Waals surface area contributed by atoms with Gasteiger partial charge in [0, 0.05) is 18.0 Å². The molecule has 0 aliphatic carbocycles. The molecule has 2 rings (SSSR count). The van der Waals surface area contributed by atoms with Crippen LogP contribution in [0.15, 0.2) is 30.5 Å². The summed E-state index contributed by atoms with van der Waals surface area (Å²) in [5.74, 6) is -0.0880. The SMILES string of the molecule is Cc1ccc(NC(=O)CCC(C)O)c2cccnc12. The van der Waals surface area contributed by atoms with Crippen LogP contribution in [-0.4, -0.2) is 22.1 Å². The maximum absolute atomic E-state index is 11.8. The highest BCUT2D eigenvalue weighted by atomic mass is 16.3. The molecule has 2 aromatic rings. The molecule has 4 heteroatoms. The third-order valence-corrected chi connectivity index (χ3v) is 3.03. The van der Waals surface area contributed by atoms with E-state index in [9.17, 15) is 9.90 Å². The molecule has 0 bridgehead atoms. The Bertz CT molecular complexity index is 594. The van der Waals surface area contributed by atoms with Gasteiger partial charge in [0.1, 0.15) is 0 Å². The molecule has 0 aliphatic heterocycles. The molecule has 2 N–H and O–H groups in total. The predicted octanol–water partition coefficient (Wildman–Crippen LogP) is 2.64. The lowest BCUT2D eigenvalue weighted by Gasteiger charge is -2.10. The van der Waals surface area contributed by atoms with Crippen LogP contribution in [0.3, 0.4) is 0 Å². The van der Waals surface area contributed by atoms with E-state index in [1.807, 2.05) is 31.2 Å².